The highest BCUT2D eigenvalue weighted by atomic mass is 127. The van der Waals surface area contributed by atoms with E-state index in [1.165, 1.54) is 4.31 Å². The predicted molar refractivity (Wildman–Crippen MR) is 147 cm³/mol. The zero-order chi connectivity index (χ0) is 25.0. The molecule has 0 aliphatic heterocycles. The first-order valence-electron chi connectivity index (χ1n) is 11.2. The summed E-state index contributed by atoms with van der Waals surface area (Å²) < 4.78 is 30.2. The van der Waals surface area contributed by atoms with E-state index in [-0.39, 0.29) is 23.3 Å². The molecule has 0 spiro atoms. The topological polar surface area (TPSA) is 66.5 Å². The fraction of sp³-hybridized carbons (Fsp3) is 0.296. The van der Waals surface area contributed by atoms with Crippen molar-refractivity contribution in [3.8, 4) is 0 Å². The normalized spacial score (nSPS) is 12.4. The first-order chi connectivity index (χ1) is 16.0. The van der Waals surface area contributed by atoms with Crippen molar-refractivity contribution in [2.75, 3.05) is 10.8 Å². The number of nitrogens with one attached hydrogen (secondary N) is 1. The Hall–Kier alpha value is -2.39. The molecule has 0 fully saturated rings. The van der Waals surface area contributed by atoms with Crippen molar-refractivity contribution in [1.29, 1.82) is 0 Å². The molecule has 0 aromatic heterocycles. The Kier molecular flexibility index (Phi) is 8.41. The van der Waals surface area contributed by atoms with Gasteiger partial charge in [-0.15, -0.1) is 0 Å². The van der Waals surface area contributed by atoms with E-state index in [9.17, 15) is 13.2 Å². The molecule has 3 aromatic rings. The van der Waals surface area contributed by atoms with Crippen LogP contribution in [0.15, 0.2) is 71.6 Å². The number of carbonyl (C=O) groups is 1. The Bertz CT molecular complexity index is 1230. The van der Waals surface area contributed by atoms with E-state index >= 15 is 0 Å². The molecule has 0 aliphatic carbocycles. The molecule has 0 saturated heterocycles. The van der Waals surface area contributed by atoms with Gasteiger partial charge in [-0.2, -0.15) is 0 Å². The van der Waals surface area contributed by atoms with Gasteiger partial charge >= 0.3 is 0 Å². The van der Waals surface area contributed by atoms with Gasteiger partial charge in [0.25, 0.3) is 15.9 Å². The summed E-state index contributed by atoms with van der Waals surface area (Å²) in [6.45, 7) is 9.94. The van der Waals surface area contributed by atoms with Crippen LogP contribution in [0.25, 0.3) is 0 Å². The zero-order valence-corrected chi connectivity index (χ0v) is 23.1. The Morgan fingerprint density at radius 2 is 1.56 bits per heavy atom. The second-order valence-electron chi connectivity index (χ2n) is 8.95. The van der Waals surface area contributed by atoms with E-state index in [0.717, 1.165) is 20.3 Å². The van der Waals surface area contributed by atoms with Crippen molar-refractivity contribution < 1.29 is 13.2 Å². The van der Waals surface area contributed by atoms with E-state index < -0.39 is 16.1 Å². The number of benzene rings is 3. The maximum Gasteiger partial charge on any atom is 0.264 e. The second kappa shape index (κ2) is 10.9. The molecule has 0 unspecified atom stereocenters. The van der Waals surface area contributed by atoms with E-state index in [2.05, 4.69) is 27.9 Å². The molecule has 3 rings (SSSR count). The van der Waals surface area contributed by atoms with Gasteiger partial charge in [-0.05, 0) is 90.7 Å². The number of aryl methyl sites for hydroxylation is 3. The molecular formula is C27H31IN2O3S. The molecule has 3 aromatic carbocycles. The molecule has 180 valence electrons. The van der Waals surface area contributed by atoms with E-state index in [1.54, 1.807) is 36.4 Å². The van der Waals surface area contributed by atoms with Crippen LogP contribution in [-0.2, 0) is 10.0 Å². The third-order valence-electron chi connectivity index (χ3n) is 5.78. The summed E-state index contributed by atoms with van der Waals surface area (Å²) in [4.78, 5) is 13.2. The number of halogens is 1. The van der Waals surface area contributed by atoms with Crippen LogP contribution >= 0.6 is 22.6 Å². The first-order valence-corrected chi connectivity index (χ1v) is 13.7. The van der Waals surface area contributed by atoms with Crippen LogP contribution in [0.4, 0.5) is 5.69 Å². The van der Waals surface area contributed by atoms with Gasteiger partial charge in [0.05, 0.1) is 23.2 Å². The second-order valence-corrected chi connectivity index (χ2v) is 12.0. The summed E-state index contributed by atoms with van der Waals surface area (Å²) in [6, 6.07) is 19.4. The van der Waals surface area contributed by atoms with E-state index in [1.807, 2.05) is 65.0 Å². The molecule has 7 heteroatoms. The summed E-state index contributed by atoms with van der Waals surface area (Å²) in [6.07, 6.45) is 0. The Labute approximate surface area is 216 Å². The number of rotatable bonds is 8. The van der Waals surface area contributed by atoms with Crippen molar-refractivity contribution in [2.45, 2.75) is 45.6 Å². The number of amides is 1. The maximum absolute atomic E-state index is 14.0. The average molecular weight is 591 g/mol. The van der Waals surface area contributed by atoms with Crippen LogP contribution in [0.3, 0.4) is 0 Å². The molecular weight excluding hydrogens is 559 g/mol. The summed E-state index contributed by atoms with van der Waals surface area (Å²) in [5, 5.41) is 3.07. The standard InChI is InChI=1S/C27H31IN2O3S/c1-18(2)25(29-27(31)22-9-7-6-8-10-22)17-30(26-21(5)15-20(4)16-24(26)28)34(32,33)23-13-11-19(3)12-14-23/h6-16,18,25H,17H2,1-5H3,(H,29,31)/t25-/m1/s1. The minimum absolute atomic E-state index is 0.00629. The molecule has 1 atom stereocenters. The molecule has 0 saturated carbocycles. The number of hydrogen-bond acceptors (Lipinski definition) is 3. The molecule has 34 heavy (non-hydrogen) atoms. The summed E-state index contributed by atoms with van der Waals surface area (Å²) in [5.74, 6) is -0.214. The number of nitrogens with zero attached hydrogens (tertiary/aromatic N) is 1. The van der Waals surface area contributed by atoms with Gasteiger partial charge in [0.1, 0.15) is 0 Å². The van der Waals surface area contributed by atoms with Gasteiger partial charge in [0.15, 0.2) is 0 Å². The fourth-order valence-corrected chi connectivity index (χ4v) is 6.76. The van der Waals surface area contributed by atoms with Crippen LogP contribution in [0.1, 0.15) is 40.9 Å². The third-order valence-corrected chi connectivity index (χ3v) is 8.38. The molecule has 0 radical (unpaired) electrons. The number of anilines is 1. The Morgan fingerprint density at radius 1 is 0.941 bits per heavy atom. The fourth-order valence-electron chi connectivity index (χ4n) is 3.81. The van der Waals surface area contributed by atoms with Crippen LogP contribution in [-0.4, -0.2) is 26.9 Å². The molecule has 0 aliphatic rings. The van der Waals surface area contributed by atoms with Gasteiger partial charge in [-0.3, -0.25) is 9.10 Å². The van der Waals surface area contributed by atoms with Gasteiger partial charge < -0.3 is 5.32 Å². The lowest BCUT2D eigenvalue weighted by Crippen LogP contribution is -2.49. The van der Waals surface area contributed by atoms with Crippen molar-refractivity contribution in [2.24, 2.45) is 5.92 Å². The summed E-state index contributed by atoms with van der Waals surface area (Å²) >= 11 is 2.20. The molecule has 5 nitrogen and oxygen atoms in total. The molecule has 0 bridgehead atoms. The van der Waals surface area contributed by atoms with Gasteiger partial charge in [0, 0.05) is 9.13 Å². The first kappa shape index (κ1) is 26.2. The minimum atomic E-state index is -3.88. The van der Waals surface area contributed by atoms with Crippen LogP contribution in [0.5, 0.6) is 0 Å². The van der Waals surface area contributed by atoms with Crippen molar-refractivity contribution in [1.82, 2.24) is 5.32 Å². The van der Waals surface area contributed by atoms with Crippen LogP contribution in [0, 0.1) is 30.3 Å². The monoisotopic (exact) mass is 590 g/mol. The highest BCUT2D eigenvalue weighted by Gasteiger charge is 2.32. The van der Waals surface area contributed by atoms with Crippen molar-refractivity contribution >= 4 is 44.2 Å². The maximum atomic E-state index is 14.0. The van der Waals surface area contributed by atoms with Gasteiger partial charge in [-0.1, -0.05) is 55.8 Å². The van der Waals surface area contributed by atoms with Gasteiger partial charge in [0.2, 0.25) is 0 Å². The average Bonchev–Trinajstić information content (AvgIpc) is 2.77. The minimum Gasteiger partial charge on any atom is -0.347 e. The highest BCUT2D eigenvalue weighted by molar-refractivity contribution is 14.1. The van der Waals surface area contributed by atoms with E-state index in [4.69, 9.17) is 0 Å². The van der Waals surface area contributed by atoms with E-state index in [0.29, 0.717) is 11.3 Å². The third kappa shape index (κ3) is 5.99. The molecule has 1 N–H and O–H groups in total. The van der Waals surface area contributed by atoms with Crippen molar-refractivity contribution in [3.05, 3.63) is 92.6 Å². The van der Waals surface area contributed by atoms with Gasteiger partial charge in [-0.25, -0.2) is 8.42 Å². The summed E-state index contributed by atoms with van der Waals surface area (Å²) in [5.41, 5.74) is 4.11. The van der Waals surface area contributed by atoms with Crippen LogP contribution in [0.2, 0.25) is 0 Å². The zero-order valence-electron chi connectivity index (χ0n) is 20.2. The predicted octanol–water partition coefficient (Wildman–Crippen LogP) is 5.87. The van der Waals surface area contributed by atoms with Crippen molar-refractivity contribution in [3.63, 3.8) is 0 Å². The number of hydrogen-bond donors (Lipinski definition) is 1. The quantitative estimate of drug-likeness (QED) is 0.334. The highest BCUT2D eigenvalue weighted by Crippen LogP contribution is 2.33. The summed E-state index contributed by atoms with van der Waals surface area (Å²) in [7, 11) is -3.88. The largest absolute Gasteiger partial charge is 0.347 e. The number of carbonyl (C=O) groups excluding carboxylic acids is 1. The lowest BCUT2D eigenvalue weighted by Gasteiger charge is -2.33. The SMILES string of the molecule is Cc1ccc(S(=O)(=O)N(C[C@@H](NC(=O)c2ccccc2)C(C)C)c2c(C)cc(C)cc2I)cc1. The smallest absolute Gasteiger partial charge is 0.264 e. The van der Waals surface area contributed by atoms with Crippen LogP contribution < -0.4 is 9.62 Å². The lowest BCUT2D eigenvalue weighted by atomic mass is 10.0. The lowest BCUT2D eigenvalue weighted by molar-refractivity contribution is 0.0928. The molecule has 0 heterocycles. The number of sulfonamides is 1. The Balaban J connectivity index is 2.07. The molecule has 1 amide bonds. The Morgan fingerprint density at radius 3 is 2.12 bits per heavy atom.